The van der Waals surface area contributed by atoms with Gasteiger partial charge in [0.1, 0.15) is 0 Å². The van der Waals surface area contributed by atoms with E-state index in [4.69, 9.17) is 17.5 Å². The van der Waals surface area contributed by atoms with E-state index < -0.39 is 10.4 Å². The van der Waals surface area contributed by atoms with Crippen molar-refractivity contribution >= 4 is 10.4 Å². The van der Waals surface area contributed by atoms with Crippen molar-refractivity contribution in [2.45, 2.75) is 45.6 Å². The molecule has 5 nitrogen and oxygen atoms in total. The monoisotopic (exact) mass is 235 g/mol. The molecule has 0 aromatic carbocycles. The summed E-state index contributed by atoms with van der Waals surface area (Å²) in [5, 5.41) is 3.44. The maximum atomic E-state index is 8.52. The lowest BCUT2D eigenvalue weighted by Crippen LogP contribution is -2.22. The summed E-state index contributed by atoms with van der Waals surface area (Å²) in [7, 11) is -5.17. The van der Waals surface area contributed by atoms with Crippen molar-refractivity contribution in [3.05, 3.63) is 11.8 Å². The minimum atomic E-state index is -5.17. The minimum Gasteiger partial charge on any atom is -0.759 e. The van der Waals surface area contributed by atoms with Crippen LogP contribution >= 0.6 is 0 Å². The quantitative estimate of drug-likeness (QED) is 0.571. The molecule has 0 aromatic heterocycles. The van der Waals surface area contributed by atoms with Crippen LogP contribution in [0.4, 0.5) is 0 Å². The molecule has 15 heavy (non-hydrogen) atoms. The van der Waals surface area contributed by atoms with Gasteiger partial charge >= 0.3 is 0 Å². The molecule has 90 valence electrons. The Labute approximate surface area is 91.2 Å². The molecule has 0 saturated heterocycles. The lowest BCUT2D eigenvalue weighted by atomic mass is 10.0. The molecule has 0 fully saturated rings. The highest BCUT2D eigenvalue weighted by Gasteiger charge is 2.02. The highest BCUT2D eigenvalue weighted by molar-refractivity contribution is 7.79. The second-order valence-corrected chi connectivity index (χ2v) is 4.50. The lowest BCUT2D eigenvalue weighted by molar-refractivity contribution is 0.352. The number of allylic oxidation sites excluding steroid dienone is 2. The molecule has 1 aliphatic carbocycles. The van der Waals surface area contributed by atoms with Crippen LogP contribution < -0.4 is 5.32 Å². The fraction of sp³-hybridized carbons (Fsp3) is 0.778. The summed E-state index contributed by atoms with van der Waals surface area (Å²) >= 11 is 0. The average molecular weight is 235 g/mol. The smallest absolute Gasteiger partial charge is 0.0311 e. The first kappa shape index (κ1) is 14.4. The van der Waals surface area contributed by atoms with E-state index in [2.05, 4.69) is 25.2 Å². The Kier molecular flexibility index (Phi) is 6.55. The summed E-state index contributed by atoms with van der Waals surface area (Å²) in [5.41, 5.74) is 1.46. The molecule has 1 rings (SSSR count). The third-order valence-corrected chi connectivity index (χ3v) is 1.77. The van der Waals surface area contributed by atoms with Crippen LogP contribution in [0.2, 0.25) is 0 Å². The van der Waals surface area contributed by atoms with Gasteiger partial charge in [0.15, 0.2) is 0 Å². The predicted molar refractivity (Wildman–Crippen MR) is 55.3 cm³/mol. The predicted octanol–water partition coefficient (Wildman–Crippen LogP) is 1.10. The van der Waals surface area contributed by atoms with Crippen LogP contribution in [0, 0.1) is 0 Å². The molecule has 0 bridgehead atoms. The van der Waals surface area contributed by atoms with E-state index in [1.807, 2.05) is 0 Å². The summed E-state index contributed by atoms with van der Waals surface area (Å²) in [4.78, 5) is 0. The molecule has 1 aliphatic rings. The summed E-state index contributed by atoms with van der Waals surface area (Å²) in [6.07, 6.45) is 7.62. The second kappa shape index (κ2) is 6.81. The van der Waals surface area contributed by atoms with Gasteiger partial charge in [0.05, 0.1) is 0 Å². The Balaban J connectivity index is 0.000000336. The molecule has 0 radical (unpaired) electrons. The van der Waals surface area contributed by atoms with Gasteiger partial charge in [-0.25, -0.2) is 0 Å². The first-order valence-corrected chi connectivity index (χ1v) is 6.24. The standard InChI is InChI=1S/C9H17N.H2O4S/c1-8(2)10-9-6-4-3-5-7-9;1-5(2,3)4/h6,8,10H,3-5,7H2,1-2H3;(H2,1,2,3,4)/p-2. The van der Waals surface area contributed by atoms with E-state index in [0.29, 0.717) is 6.04 Å². The van der Waals surface area contributed by atoms with Crippen molar-refractivity contribution in [2.75, 3.05) is 0 Å². The van der Waals surface area contributed by atoms with Crippen molar-refractivity contribution < 1.29 is 17.5 Å². The number of nitrogens with one attached hydrogen (secondary N) is 1. The van der Waals surface area contributed by atoms with Gasteiger partial charge in [-0.15, -0.1) is 0 Å². The van der Waals surface area contributed by atoms with Crippen molar-refractivity contribution in [3.63, 3.8) is 0 Å². The highest BCUT2D eigenvalue weighted by Crippen LogP contribution is 2.14. The second-order valence-electron chi connectivity index (χ2n) is 3.68. The Morgan fingerprint density at radius 3 is 2.20 bits per heavy atom. The van der Waals surface area contributed by atoms with Crippen LogP contribution in [-0.4, -0.2) is 23.6 Å². The zero-order valence-corrected chi connectivity index (χ0v) is 9.84. The Hall–Kier alpha value is -0.590. The van der Waals surface area contributed by atoms with Crippen molar-refractivity contribution in [3.8, 4) is 0 Å². The zero-order valence-electron chi connectivity index (χ0n) is 9.02. The molecule has 0 atom stereocenters. The minimum absolute atomic E-state index is 0.601. The van der Waals surface area contributed by atoms with Gasteiger partial charge in [0.2, 0.25) is 0 Å². The van der Waals surface area contributed by atoms with E-state index in [9.17, 15) is 0 Å². The van der Waals surface area contributed by atoms with E-state index in [-0.39, 0.29) is 0 Å². The van der Waals surface area contributed by atoms with Gasteiger partial charge in [-0.2, -0.15) is 0 Å². The zero-order chi connectivity index (χ0) is 11.9. The van der Waals surface area contributed by atoms with Crippen molar-refractivity contribution in [1.82, 2.24) is 5.32 Å². The molecule has 0 spiro atoms. The normalized spacial score (nSPS) is 16.5. The van der Waals surface area contributed by atoms with E-state index in [1.54, 1.807) is 0 Å². The summed E-state index contributed by atoms with van der Waals surface area (Å²) in [6.45, 7) is 4.38. The molecule has 0 saturated carbocycles. The molecule has 0 heterocycles. The average Bonchev–Trinajstić information content (AvgIpc) is 2.01. The fourth-order valence-corrected chi connectivity index (χ4v) is 1.34. The Bertz CT molecular complexity index is 287. The van der Waals surface area contributed by atoms with Gasteiger partial charge < -0.3 is 14.4 Å². The summed E-state index contributed by atoms with van der Waals surface area (Å²) < 4.78 is 34.1. The maximum Gasteiger partial charge on any atom is 0.0311 e. The molecule has 0 aliphatic heterocycles. The molecule has 0 aromatic rings. The van der Waals surface area contributed by atoms with Crippen LogP contribution in [0.5, 0.6) is 0 Å². The molecular formula is C9H17NO4S-2. The van der Waals surface area contributed by atoms with Crippen LogP contribution in [0.25, 0.3) is 0 Å². The maximum absolute atomic E-state index is 8.52. The van der Waals surface area contributed by atoms with Gasteiger partial charge in [0, 0.05) is 22.1 Å². The number of rotatable bonds is 2. The van der Waals surface area contributed by atoms with Gasteiger partial charge in [-0.3, -0.25) is 8.42 Å². The third kappa shape index (κ3) is 13.4. The molecule has 1 N–H and O–H groups in total. The fourth-order valence-electron chi connectivity index (χ4n) is 1.34. The lowest BCUT2D eigenvalue weighted by Gasteiger charge is -2.17. The summed E-state index contributed by atoms with van der Waals surface area (Å²) in [6, 6.07) is 0.601. The topological polar surface area (TPSA) is 92.3 Å². The largest absolute Gasteiger partial charge is 0.759 e. The van der Waals surface area contributed by atoms with Gasteiger partial charge in [0.25, 0.3) is 0 Å². The van der Waals surface area contributed by atoms with Crippen molar-refractivity contribution in [1.29, 1.82) is 0 Å². The van der Waals surface area contributed by atoms with Gasteiger partial charge in [-0.1, -0.05) is 6.08 Å². The van der Waals surface area contributed by atoms with E-state index >= 15 is 0 Å². The Morgan fingerprint density at radius 2 is 1.87 bits per heavy atom. The van der Waals surface area contributed by atoms with Crippen LogP contribution in [0.3, 0.4) is 0 Å². The molecule has 0 unspecified atom stereocenters. The van der Waals surface area contributed by atoms with Gasteiger partial charge in [-0.05, 0) is 39.5 Å². The van der Waals surface area contributed by atoms with Crippen LogP contribution in [0.1, 0.15) is 39.5 Å². The summed E-state index contributed by atoms with van der Waals surface area (Å²) in [5.74, 6) is 0. The first-order valence-electron chi connectivity index (χ1n) is 4.91. The first-order chi connectivity index (χ1) is 6.79. The number of hydrogen-bond donors (Lipinski definition) is 1. The number of hydrogen-bond acceptors (Lipinski definition) is 5. The third-order valence-electron chi connectivity index (χ3n) is 1.77. The molecule has 0 amide bonds. The Morgan fingerprint density at radius 1 is 1.33 bits per heavy atom. The van der Waals surface area contributed by atoms with E-state index in [0.717, 1.165) is 0 Å². The highest BCUT2D eigenvalue weighted by atomic mass is 32.3. The van der Waals surface area contributed by atoms with E-state index in [1.165, 1.54) is 31.4 Å². The van der Waals surface area contributed by atoms with Crippen LogP contribution in [0.15, 0.2) is 11.8 Å². The van der Waals surface area contributed by atoms with Crippen LogP contribution in [-0.2, 0) is 10.4 Å². The molecular weight excluding hydrogens is 218 g/mol. The SMILES string of the molecule is CC(C)NC1=CCCCC1.O=S(=O)([O-])[O-]. The van der Waals surface area contributed by atoms with Crippen molar-refractivity contribution in [2.24, 2.45) is 0 Å². The molecule has 6 heteroatoms.